The molecule has 0 spiro atoms. The number of nitrogens with one attached hydrogen (secondary N) is 3. The number of Topliss-reactive ketones (excluding diaryl/α,β-unsaturated/α-hetero) is 1. The Labute approximate surface area is 219 Å². The van der Waals surface area contributed by atoms with Crippen LogP contribution in [0.15, 0.2) is 6.33 Å². The lowest BCUT2D eigenvalue weighted by atomic mass is 10.1. The van der Waals surface area contributed by atoms with Crippen molar-refractivity contribution in [1.29, 1.82) is 0 Å². The van der Waals surface area contributed by atoms with Crippen molar-refractivity contribution in [3.8, 4) is 0 Å². The van der Waals surface area contributed by atoms with Crippen molar-refractivity contribution < 1.29 is 46.9 Å². The Morgan fingerprint density at radius 3 is 2.46 bits per heavy atom. The third-order valence-electron chi connectivity index (χ3n) is 5.62. The quantitative estimate of drug-likeness (QED) is 0.287. The topological polar surface area (TPSA) is 187 Å². The number of hydrogen-bond donors (Lipinski definition) is 4. The number of fused-ring (bicyclic) bond motifs is 1. The van der Waals surface area contributed by atoms with Gasteiger partial charge in [0.05, 0.1) is 12.4 Å². The Bertz CT molecular complexity index is 1240. The van der Waals surface area contributed by atoms with Crippen LogP contribution in [0.1, 0.15) is 46.3 Å². The molecule has 0 aliphatic carbocycles. The number of alkyl halides is 3. The van der Waals surface area contributed by atoms with Crippen molar-refractivity contribution in [3.05, 3.63) is 6.33 Å². The monoisotopic (exact) mass is 559 g/mol. The molecule has 1 aliphatic heterocycles. The second-order valence-corrected chi connectivity index (χ2v) is 8.70. The number of hydrogen-bond acceptors (Lipinski definition) is 10. The third kappa shape index (κ3) is 7.45. The smallest absolute Gasteiger partial charge is 0.388 e. The molecule has 39 heavy (non-hydrogen) atoms. The maximum Gasteiger partial charge on any atom is 0.449 e. The van der Waals surface area contributed by atoms with Gasteiger partial charge in [0.2, 0.25) is 29.5 Å². The number of aromatic nitrogens is 4. The van der Waals surface area contributed by atoms with E-state index in [0.717, 1.165) is 0 Å². The summed E-state index contributed by atoms with van der Waals surface area (Å²) in [5.74, 6) is -3.60. The minimum absolute atomic E-state index is 0.0152. The highest BCUT2D eigenvalue weighted by Crippen LogP contribution is 2.35. The van der Waals surface area contributed by atoms with E-state index in [0.29, 0.717) is 6.42 Å². The van der Waals surface area contributed by atoms with Crippen LogP contribution in [-0.4, -0.2) is 85.8 Å². The predicted octanol–water partition coefficient (Wildman–Crippen LogP) is 0.824. The number of carbonyl (C=O) groups is 4. The van der Waals surface area contributed by atoms with Gasteiger partial charge in [-0.05, 0) is 12.8 Å². The summed E-state index contributed by atoms with van der Waals surface area (Å²) in [7, 11) is 0. The van der Waals surface area contributed by atoms with Gasteiger partial charge in [0.15, 0.2) is 23.2 Å². The summed E-state index contributed by atoms with van der Waals surface area (Å²) < 4.78 is 49.9. The molecule has 1 unspecified atom stereocenters. The van der Waals surface area contributed by atoms with Crippen molar-refractivity contribution in [2.75, 3.05) is 23.8 Å². The zero-order valence-corrected chi connectivity index (χ0v) is 21.2. The second kappa shape index (κ2) is 12.4. The van der Waals surface area contributed by atoms with Crippen LogP contribution in [0, 0.1) is 0 Å². The lowest BCUT2D eigenvalue weighted by Gasteiger charge is -2.22. The molecule has 1 saturated heterocycles. The van der Waals surface area contributed by atoms with Crippen LogP contribution in [0.3, 0.4) is 0 Å². The number of imidazole rings is 1. The van der Waals surface area contributed by atoms with Crippen LogP contribution in [0.5, 0.6) is 0 Å². The Morgan fingerprint density at radius 2 is 1.85 bits per heavy atom. The first-order valence-corrected chi connectivity index (χ1v) is 11.9. The highest BCUT2D eigenvalue weighted by molar-refractivity contribution is 5.97. The molecule has 14 nitrogen and oxygen atoms in total. The summed E-state index contributed by atoms with van der Waals surface area (Å²) >= 11 is 0. The van der Waals surface area contributed by atoms with Gasteiger partial charge in [0.1, 0.15) is 18.8 Å². The van der Waals surface area contributed by atoms with Gasteiger partial charge < -0.3 is 25.2 Å². The van der Waals surface area contributed by atoms with Crippen LogP contribution < -0.4 is 16.0 Å². The van der Waals surface area contributed by atoms with Crippen LogP contribution in [0.2, 0.25) is 0 Å². The third-order valence-corrected chi connectivity index (χ3v) is 5.62. The molecule has 3 heterocycles. The number of amides is 3. The SMILES string of the molecule is CC[C@H]1O[C@@H](n2cnc3c(NC(C)=O)nc(NC(C)=O)nc32)[C@@H](OCC(=O)NCCCC(=O)C(F)(F)F)C1O. The maximum atomic E-state index is 12.3. The number of aliphatic hydroxyl groups is 1. The molecule has 1 fully saturated rings. The lowest BCUT2D eigenvalue weighted by Crippen LogP contribution is -2.38. The molecule has 1 aliphatic rings. The fourth-order valence-corrected chi connectivity index (χ4v) is 3.87. The van der Waals surface area contributed by atoms with E-state index in [1.54, 1.807) is 6.92 Å². The number of ether oxygens (including phenoxy) is 2. The van der Waals surface area contributed by atoms with Crippen LogP contribution in [0.25, 0.3) is 11.2 Å². The Morgan fingerprint density at radius 1 is 1.15 bits per heavy atom. The molecule has 4 atom stereocenters. The Balaban J connectivity index is 1.77. The molecule has 214 valence electrons. The molecule has 0 aromatic carbocycles. The lowest BCUT2D eigenvalue weighted by molar-refractivity contribution is -0.171. The molecule has 0 bridgehead atoms. The van der Waals surface area contributed by atoms with Gasteiger partial charge in [-0.25, -0.2) is 4.98 Å². The van der Waals surface area contributed by atoms with Gasteiger partial charge in [0, 0.05) is 26.8 Å². The summed E-state index contributed by atoms with van der Waals surface area (Å²) in [5.41, 5.74) is 0.279. The molecule has 3 amide bonds. The van der Waals surface area contributed by atoms with Crippen molar-refractivity contribution in [2.45, 2.75) is 70.7 Å². The summed E-state index contributed by atoms with van der Waals surface area (Å²) in [4.78, 5) is 59.0. The number of aliphatic hydroxyl groups excluding tert-OH is 1. The zero-order valence-electron chi connectivity index (χ0n) is 21.2. The van der Waals surface area contributed by atoms with E-state index in [9.17, 15) is 37.5 Å². The van der Waals surface area contributed by atoms with Crippen LogP contribution >= 0.6 is 0 Å². The number of halogens is 3. The fourth-order valence-electron chi connectivity index (χ4n) is 3.87. The molecule has 3 rings (SSSR count). The summed E-state index contributed by atoms with van der Waals surface area (Å²) in [5, 5.41) is 18.1. The van der Waals surface area contributed by atoms with E-state index in [4.69, 9.17) is 9.47 Å². The standard InChI is InChI=1S/C22H28F3N7O7/c1-4-12-16(37)17(38-8-14(36)26-7-5-6-13(35)22(23,24)25)20(39-12)32-9-27-15-18(28-10(2)33)30-21(29-11(3)34)31-19(15)32/h9,12,16-17,20,37H,4-8H2,1-3H3,(H,26,36)(H2,28,29,30,31,33,34)/t12-,16?,17+,20-/m1/s1. The average molecular weight is 560 g/mol. The summed E-state index contributed by atoms with van der Waals surface area (Å²) in [6.45, 7) is 3.51. The fraction of sp³-hybridized carbons (Fsp3) is 0.591. The number of ketones is 1. The van der Waals surface area contributed by atoms with Gasteiger partial charge >= 0.3 is 6.18 Å². The Hall–Kier alpha value is -3.70. The molecule has 0 radical (unpaired) electrons. The molecule has 2 aromatic rings. The highest BCUT2D eigenvalue weighted by Gasteiger charge is 2.45. The number of anilines is 2. The van der Waals surface area contributed by atoms with E-state index < -0.39 is 67.2 Å². The summed E-state index contributed by atoms with van der Waals surface area (Å²) in [6.07, 6.45) is -8.24. The zero-order chi connectivity index (χ0) is 28.9. The van der Waals surface area contributed by atoms with E-state index in [1.165, 1.54) is 24.7 Å². The molecule has 4 N–H and O–H groups in total. The Kier molecular flexibility index (Phi) is 9.52. The number of nitrogens with zero attached hydrogens (tertiary/aromatic N) is 4. The predicted molar refractivity (Wildman–Crippen MR) is 127 cm³/mol. The first kappa shape index (κ1) is 29.9. The maximum absolute atomic E-state index is 12.3. The number of rotatable bonds is 11. The van der Waals surface area contributed by atoms with E-state index in [2.05, 4.69) is 30.9 Å². The minimum Gasteiger partial charge on any atom is -0.388 e. The van der Waals surface area contributed by atoms with Gasteiger partial charge in [-0.2, -0.15) is 23.1 Å². The van der Waals surface area contributed by atoms with Gasteiger partial charge in [-0.3, -0.25) is 29.1 Å². The number of carbonyl (C=O) groups excluding carboxylic acids is 4. The van der Waals surface area contributed by atoms with Gasteiger partial charge in [0.25, 0.3) is 0 Å². The molecule has 2 aromatic heterocycles. The normalized spacial score (nSPS) is 21.1. The van der Waals surface area contributed by atoms with Crippen molar-refractivity contribution >= 4 is 46.4 Å². The second-order valence-electron chi connectivity index (χ2n) is 8.70. The van der Waals surface area contributed by atoms with E-state index in [1.807, 2.05) is 0 Å². The van der Waals surface area contributed by atoms with Gasteiger partial charge in [-0.15, -0.1) is 0 Å². The molecular formula is C22H28F3N7O7. The minimum atomic E-state index is -4.93. The first-order valence-electron chi connectivity index (χ1n) is 11.9. The summed E-state index contributed by atoms with van der Waals surface area (Å²) in [6, 6.07) is 0. The average Bonchev–Trinajstić information content (AvgIpc) is 3.39. The van der Waals surface area contributed by atoms with Crippen LogP contribution in [0.4, 0.5) is 24.9 Å². The molecular weight excluding hydrogens is 531 g/mol. The molecule has 0 saturated carbocycles. The van der Waals surface area contributed by atoms with E-state index in [-0.39, 0.29) is 35.9 Å². The highest BCUT2D eigenvalue weighted by atomic mass is 19.4. The van der Waals surface area contributed by atoms with Crippen molar-refractivity contribution in [2.24, 2.45) is 0 Å². The van der Waals surface area contributed by atoms with Crippen molar-refractivity contribution in [1.82, 2.24) is 24.8 Å². The van der Waals surface area contributed by atoms with Crippen LogP contribution in [-0.2, 0) is 28.7 Å². The first-order chi connectivity index (χ1) is 18.3. The largest absolute Gasteiger partial charge is 0.449 e. The van der Waals surface area contributed by atoms with Crippen molar-refractivity contribution in [3.63, 3.8) is 0 Å². The van der Waals surface area contributed by atoms with E-state index >= 15 is 0 Å². The van der Waals surface area contributed by atoms with Gasteiger partial charge in [-0.1, -0.05) is 6.92 Å². The molecule has 17 heteroatoms.